The number of halogens is 2. The van der Waals surface area contributed by atoms with Crippen LogP contribution in [-0.2, 0) is 17.9 Å². The van der Waals surface area contributed by atoms with Gasteiger partial charge in [-0.2, -0.15) is 8.78 Å². The van der Waals surface area contributed by atoms with Crippen LogP contribution in [0.1, 0.15) is 24.2 Å². The van der Waals surface area contributed by atoms with Gasteiger partial charge in [-0.3, -0.25) is 0 Å². The van der Waals surface area contributed by atoms with Crippen molar-refractivity contribution in [2.24, 2.45) is 0 Å². The smallest absolute Gasteiger partial charge is 0.387 e. The van der Waals surface area contributed by atoms with Crippen LogP contribution in [0.2, 0.25) is 0 Å². The van der Waals surface area contributed by atoms with E-state index in [9.17, 15) is 8.78 Å². The Labute approximate surface area is 196 Å². The summed E-state index contributed by atoms with van der Waals surface area (Å²) in [7, 11) is 1.61. The first-order valence-electron chi connectivity index (χ1n) is 11.3. The summed E-state index contributed by atoms with van der Waals surface area (Å²) in [4.78, 5) is 11.7. The van der Waals surface area contributed by atoms with Crippen LogP contribution >= 0.6 is 0 Å². The van der Waals surface area contributed by atoms with Gasteiger partial charge in [0, 0.05) is 37.5 Å². The largest absolute Gasteiger partial charge is 0.434 e. The van der Waals surface area contributed by atoms with E-state index in [-0.39, 0.29) is 5.75 Å². The van der Waals surface area contributed by atoms with E-state index in [1.165, 1.54) is 12.8 Å². The Morgan fingerprint density at radius 1 is 1.00 bits per heavy atom. The SMILES string of the molecule is COCc1nc2ccc(-c3ccc(N4CCCC4)nc3)cc2n1Cc1ccccc1OC(F)F. The average Bonchev–Trinajstić information content (AvgIpc) is 3.49. The molecule has 2 aromatic carbocycles. The number of hydrogen-bond acceptors (Lipinski definition) is 5. The molecule has 0 spiro atoms. The summed E-state index contributed by atoms with van der Waals surface area (Å²) in [5, 5.41) is 0. The summed E-state index contributed by atoms with van der Waals surface area (Å²) in [6, 6.07) is 17.0. The molecule has 2 aromatic heterocycles. The van der Waals surface area contributed by atoms with Gasteiger partial charge in [0.25, 0.3) is 0 Å². The van der Waals surface area contributed by atoms with E-state index in [0.717, 1.165) is 41.1 Å². The molecule has 1 saturated heterocycles. The number of rotatable bonds is 8. The lowest BCUT2D eigenvalue weighted by Crippen LogP contribution is -2.18. The number of hydrogen-bond donors (Lipinski definition) is 0. The number of ether oxygens (including phenoxy) is 2. The molecule has 8 heteroatoms. The van der Waals surface area contributed by atoms with E-state index < -0.39 is 6.61 Å². The first-order valence-corrected chi connectivity index (χ1v) is 11.3. The van der Waals surface area contributed by atoms with Gasteiger partial charge in [0.15, 0.2) is 0 Å². The van der Waals surface area contributed by atoms with Crippen molar-refractivity contribution in [3.8, 4) is 16.9 Å². The lowest BCUT2D eigenvalue weighted by molar-refractivity contribution is -0.0504. The summed E-state index contributed by atoms with van der Waals surface area (Å²) in [5.41, 5.74) is 4.36. The molecule has 6 nitrogen and oxygen atoms in total. The molecule has 0 N–H and O–H groups in total. The number of benzene rings is 2. The molecule has 34 heavy (non-hydrogen) atoms. The van der Waals surface area contributed by atoms with E-state index >= 15 is 0 Å². The highest BCUT2D eigenvalue weighted by atomic mass is 19.3. The van der Waals surface area contributed by atoms with Crippen LogP contribution < -0.4 is 9.64 Å². The number of pyridine rings is 1. The molecule has 1 aliphatic heterocycles. The molecular weight excluding hydrogens is 438 g/mol. The predicted molar refractivity (Wildman–Crippen MR) is 127 cm³/mol. The van der Waals surface area contributed by atoms with E-state index in [1.807, 2.05) is 29.0 Å². The van der Waals surface area contributed by atoms with E-state index in [1.54, 1.807) is 25.3 Å². The molecule has 1 fully saturated rings. The minimum absolute atomic E-state index is 0.153. The summed E-state index contributed by atoms with van der Waals surface area (Å²) < 4.78 is 37.9. The number of para-hydroxylation sites is 1. The minimum Gasteiger partial charge on any atom is -0.434 e. The summed E-state index contributed by atoms with van der Waals surface area (Å²) in [6.45, 7) is -0.156. The van der Waals surface area contributed by atoms with Crippen molar-refractivity contribution in [2.45, 2.75) is 32.6 Å². The molecule has 0 atom stereocenters. The molecule has 5 rings (SSSR count). The van der Waals surface area contributed by atoms with Crippen LogP contribution in [0.5, 0.6) is 5.75 Å². The number of imidazole rings is 1. The fraction of sp³-hybridized carbons (Fsp3) is 0.308. The second kappa shape index (κ2) is 9.77. The predicted octanol–water partition coefficient (Wildman–Crippen LogP) is 5.49. The number of anilines is 1. The molecule has 0 unspecified atom stereocenters. The Hall–Kier alpha value is -3.52. The van der Waals surface area contributed by atoms with Crippen LogP contribution in [0.4, 0.5) is 14.6 Å². The number of alkyl halides is 2. The lowest BCUT2D eigenvalue weighted by Gasteiger charge is -2.16. The second-order valence-corrected chi connectivity index (χ2v) is 8.34. The number of aromatic nitrogens is 3. The van der Waals surface area contributed by atoms with Crippen LogP contribution in [0.15, 0.2) is 60.8 Å². The van der Waals surface area contributed by atoms with E-state index in [2.05, 4.69) is 28.1 Å². The van der Waals surface area contributed by atoms with Gasteiger partial charge in [-0.15, -0.1) is 0 Å². The van der Waals surface area contributed by atoms with Gasteiger partial charge < -0.3 is 18.9 Å². The third-order valence-electron chi connectivity index (χ3n) is 6.13. The van der Waals surface area contributed by atoms with E-state index in [4.69, 9.17) is 14.5 Å². The molecular formula is C26H26F2N4O2. The summed E-state index contributed by atoms with van der Waals surface area (Å²) >= 11 is 0. The minimum atomic E-state index is -2.89. The number of fused-ring (bicyclic) bond motifs is 1. The third kappa shape index (κ3) is 4.59. The van der Waals surface area contributed by atoms with Crippen molar-refractivity contribution < 1.29 is 18.3 Å². The number of methoxy groups -OCH3 is 1. The molecule has 0 bridgehead atoms. The van der Waals surface area contributed by atoms with Crippen LogP contribution in [0.3, 0.4) is 0 Å². The maximum absolute atomic E-state index is 12.9. The zero-order chi connectivity index (χ0) is 23.5. The fourth-order valence-electron chi connectivity index (χ4n) is 4.47. The monoisotopic (exact) mass is 464 g/mol. The molecule has 176 valence electrons. The maximum Gasteiger partial charge on any atom is 0.387 e. The van der Waals surface area contributed by atoms with Crippen molar-refractivity contribution in [3.05, 3.63) is 72.2 Å². The van der Waals surface area contributed by atoms with Crippen LogP contribution in [0.25, 0.3) is 22.2 Å². The van der Waals surface area contributed by atoms with Crippen molar-refractivity contribution in [2.75, 3.05) is 25.1 Å². The van der Waals surface area contributed by atoms with Gasteiger partial charge in [0.2, 0.25) is 0 Å². The zero-order valence-corrected chi connectivity index (χ0v) is 19.0. The third-order valence-corrected chi connectivity index (χ3v) is 6.13. The van der Waals surface area contributed by atoms with Gasteiger partial charge in [0.1, 0.15) is 24.0 Å². The van der Waals surface area contributed by atoms with Gasteiger partial charge in [-0.05, 0) is 48.7 Å². The normalized spacial score (nSPS) is 13.8. The summed E-state index contributed by atoms with van der Waals surface area (Å²) in [6.07, 6.45) is 4.32. The Balaban J connectivity index is 1.51. The molecule has 0 amide bonds. The molecule has 1 aliphatic rings. The quantitative estimate of drug-likeness (QED) is 0.345. The Morgan fingerprint density at radius 2 is 1.79 bits per heavy atom. The Kier molecular flexibility index (Phi) is 6.40. The molecule has 4 aromatic rings. The van der Waals surface area contributed by atoms with Crippen molar-refractivity contribution >= 4 is 16.9 Å². The zero-order valence-electron chi connectivity index (χ0n) is 19.0. The first kappa shape index (κ1) is 22.3. The lowest BCUT2D eigenvalue weighted by atomic mass is 10.1. The van der Waals surface area contributed by atoms with Crippen LogP contribution in [0, 0.1) is 0 Å². The number of nitrogens with zero attached hydrogens (tertiary/aromatic N) is 4. The van der Waals surface area contributed by atoms with Crippen LogP contribution in [-0.4, -0.2) is 41.3 Å². The van der Waals surface area contributed by atoms with Gasteiger partial charge in [-0.1, -0.05) is 24.3 Å². The van der Waals surface area contributed by atoms with Gasteiger partial charge >= 0.3 is 6.61 Å². The van der Waals surface area contributed by atoms with Crippen molar-refractivity contribution in [1.29, 1.82) is 0 Å². The first-order chi connectivity index (χ1) is 16.6. The Bertz CT molecular complexity index is 1270. The standard InChI is InChI=1S/C26H26F2N4O2/c1-33-17-25-30-21-10-8-18(19-9-11-24(29-15-19)31-12-4-5-13-31)14-22(21)32(25)16-20-6-2-3-7-23(20)34-26(27)28/h2-3,6-11,14-15,26H,4-5,12-13,16-17H2,1H3. The topological polar surface area (TPSA) is 52.4 Å². The van der Waals surface area contributed by atoms with Crippen molar-refractivity contribution in [1.82, 2.24) is 14.5 Å². The average molecular weight is 465 g/mol. The molecule has 3 heterocycles. The molecule has 0 aliphatic carbocycles. The molecule has 0 radical (unpaired) electrons. The maximum atomic E-state index is 12.9. The van der Waals surface area contributed by atoms with Gasteiger partial charge in [-0.25, -0.2) is 9.97 Å². The molecule has 0 saturated carbocycles. The Morgan fingerprint density at radius 3 is 2.53 bits per heavy atom. The highest BCUT2D eigenvalue weighted by Crippen LogP contribution is 2.29. The van der Waals surface area contributed by atoms with Crippen molar-refractivity contribution in [3.63, 3.8) is 0 Å². The van der Waals surface area contributed by atoms with E-state index in [0.29, 0.717) is 24.5 Å². The highest BCUT2D eigenvalue weighted by molar-refractivity contribution is 5.83. The van der Waals surface area contributed by atoms with Gasteiger partial charge in [0.05, 0.1) is 17.6 Å². The summed E-state index contributed by atoms with van der Waals surface area (Å²) in [5.74, 6) is 1.87. The second-order valence-electron chi connectivity index (χ2n) is 8.34. The highest BCUT2D eigenvalue weighted by Gasteiger charge is 2.17. The fourth-order valence-corrected chi connectivity index (χ4v) is 4.47.